The Morgan fingerprint density at radius 3 is 3.00 bits per heavy atom. The first-order chi connectivity index (χ1) is 9.52. The van der Waals surface area contributed by atoms with Crippen LogP contribution in [0.5, 0.6) is 5.75 Å². The number of likely N-dealkylation sites (tertiary alicyclic amines) is 1. The fourth-order valence-electron chi connectivity index (χ4n) is 2.41. The highest BCUT2D eigenvalue weighted by Crippen LogP contribution is 2.24. The molecular weight excluding hydrogens is 329 g/mol. The molecule has 1 aliphatic heterocycles. The summed E-state index contributed by atoms with van der Waals surface area (Å²) < 4.78 is 19.4. The first-order valence-electron chi connectivity index (χ1n) is 6.51. The molecule has 1 aliphatic rings. The molecule has 6 heteroatoms. The third-order valence-electron chi connectivity index (χ3n) is 3.64. The van der Waals surface area contributed by atoms with E-state index in [0.717, 1.165) is 6.42 Å². The van der Waals surface area contributed by atoms with E-state index in [1.54, 1.807) is 11.0 Å². The summed E-state index contributed by atoms with van der Waals surface area (Å²) in [5.74, 6) is -0.417. The molecular formula is C14H17BrFNO3. The Bertz CT molecular complexity index is 497. The van der Waals surface area contributed by atoms with Gasteiger partial charge in [-0.15, -0.1) is 0 Å². The quantitative estimate of drug-likeness (QED) is 0.909. The summed E-state index contributed by atoms with van der Waals surface area (Å²) in [4.78, 5) is 13.7. The van der Waals surface area contributed by atoms with Gasteiger partial charge in [0.25, 0.3) is 5.91 Å². The van der Waals surface area contributed by atoms with Crippen LogP contribution in [0.3, 0.4) is 0 Å². The van der Waals surface area contributed by atoms with Crippen LogP contribution in [0.25, 0.3) is 0 Å². The molecule has 1 saturated heterocycles. The molecule has 0 spiro atoms. The lowest BCUT2D eigenvalue weighted by Crippen LogP contribution is -2.42. The number of rotatable bonds is 4. The van der Waals surface area contributed by atoms with E-state index in [0.29, 0.717) is 11.0 Å². The fourth-order valence-corrected chi connectivity index (χ4v) is 2.74. The number of amides is 1. The molecule has 0 radical (unpaired) electrons. The Morgan fingerprint density at radius 2 is 2.35 bits per heavy atom. The van der Waals surface area contributed by atoms with Crippen molar-refractivity contribution in [3.05, 3.63) is 28.5 Å². The maximum Gasteiger partial charge on any atom is 0.260 e. The molecule has 110 valence electrons. The van der Waals surface area contributed by atoms with Gasteiger partial charge in [-0.25, -0.2) is 4.39 Å². The first-order valence-corrected chi connectivity index (χ1v) is 7.30. The van der Waals surface area contributed by atoms with Crippen LogP contribution < -0.4 is 4.74 Å². The molecule has 20 heavy (non-hydrogen) atoms. The van der Waals surface area contributed by atoms with Crippen molar-refractivity contribution >= 4 is 21.8 Å². The molecule has 1 aromatic carbocycles. The highest BCUT2D eigenvalue weighted by Gasteiger charge is 2.33. The second-order valence-corrected chi connectivity index (χ2v) is 5.88. The number of carbonyl (C=O) groups excluding carboxylic acids is 1. The average molecular weight is 346 g/mol. The Kier molecular flexibility index (Phi) is 4.99. The first kappa shape index (κ1) is 15.3. The number of aliphatic hydroxyl groups is 1. The molecule has 4 nitrogen and oxygen atoms in total. The second-order valence-electron chi connectivity index (χ2n) is 4.97. The summed E-state index contributed by atoms with van der Waals surface area (Å²) in [6.45, 7) is 2.34. The van der Waals surface area contributed by atoms with E-state index in [1.807, 2.05) is 6.92 Å². The third kappa shape index (κ3) is 3.30. The topological polar surface area (TPSA) is 49.8 Å². The number of benzene rings is 1. The van der Waals surface area contributed by atoms with Crippen molar-refractivity contribution in [3.63, 3.8) is 0 Å². The zero-order valence-corrected chi connectivity index (χ0v) is 12.8. The van der Waals surface area contributed by atoms with E-state index in [-0.39, 0.29) is 36.8 Å². The Labute approximate surface area is 125 Å². The maximum atomic E-state index is 13.6. The molecule has 2 rings (SSSR count). The minimum atomic E-state index is -0.513. The standard InChI is InChI=1S/C14H17BrFNO3/c1-9-4-5-17(12(9)7-18)14(19)8-20-13-3-2-10(15)6-11(13)16/h2-3,6,9,12,18H,4-5,7-8H2,1H3. The number of aliphatic hydroxyl groups excluding tert-OH is 1. The lowest BCUT2D eigenvalue weighted by atomic mass is 10.0. The largest absolute Gasteiger partial charge is 0.481 e. The SMILES string of the molecule is CC1CCN(C(=O)COc2ccc(Br)cc2F)C1CO. The van der Waals surface area contributed by atoms with Gasteiger partial charge in [0.2, 0.25) is 0 Å². The van der Waals surface area contributed by atoms with Crippen LogP contribution >= 0.6 is 15.9 Å². The van der Waals surface area contributed by atoms with E-state index in [2.05, 4.69) is 15.9 Å². The van der Waals surface area contributed by atoms with Crippen LogP contribution in [0.1, 0.15) is 13.3 Å². The van der Waals surface area contributed by atoms with Crippen LogP contribution in [0.15, 0.2) is 22.7 Å². The molecule has 0 aromatic heterocycles. The van der Waals surface area contributed by atoms with Crippen molar-refractivity contribution in [2.45, 2.75) is 19.4 Å². The maximum absolute atomic E-state index is 13.6. The zero-order valence-electron chi connectivity index (χ0n) is 11.2. The lowest BCUT2D eigenvalue weighted by molar-refractivity contribution is -0.135. The van der Waals surface area contributed by atoms with Gasteiger partial charge >= 0.3 is 0 Å². The van der Waals surface area contributed by atoms with Crippen LogP contribution in [0.2, 0.25) is 0 Å². The summed E-state index contributed by atoms with van der Waals surface area (Å²) in [5.41, 5.74) is 0. The minimum Gasteiger partial charge on any atom is -0.481 e. The second kappa shape index (κ2) is 6.54. The van der Waals surface area contributed by atoms with E-state index in [9.17, 15) is 14.3 Å². The van der Waals surface area contributed by atoms with Crippen LogP contribution in [-0.2, 0) is 4.79 Å². The van der Waals surface area contributed by atoms with E-state index in [1.165, 1.54) is 12.1 Å². The third-order valence-corrected chi connectivity index (χ3v) is 4.13. The molecule has 1 amide bonds. The number of nitrogens with zero attached hydrogens (tertiary/aromatic N) is 1. The number of hydrogen-bond acceptors (Lipinski definition) is 3. The van der Waals surface area contributed by atoms with Crippen LogP contribution in [-0.4, -0.2) is 41.7 Å². The van der Waals surface area contributed by atoms with Gasteiger partial charge in [-0.3, -0.25) is 4.79 Å². The van der Waals surface area contributed by atoms with Gasteiger partial charge in [0.1, 0.15) is 0 Å². The molecule has 2 unspecified atom stereocenters. The normalized spacial score (nSPS) is 22.1. The Morgan fingerprint density at radius 1 is 1.60 bits per heavy atom. The average Bonchev–Trinajstić information content (AvgIpc) is 2.78. The predicted octanol–water partition coefficient (Wildman–Crippen LogP) is 2.20. The highest BCUT2D eigenvalue weighted by atomic mass is 79.9. The van der Waals surface area contributed by atoms with Crippen LogP contribution in [0, 0.1) is 11.7 Å². The lowest BCUT2D eigenvalue weighted by Gasteiger charge is -2.25. The summed E-state index contributed by atoms with van der Waals surface area (Å²) in [5, 5.41) is 9.32. The monoisotopic (exact) mass is 345 g/mol. The summed E-state index contributed by atoms with van der Waals surface area (Å²) in [6, 6.07) is 4.25. The van der Waals surface area contributed by atoms with Crippen molar-refractivity contribution in [2.75, 3.05) is 19.8 Å². The number of halogens is 2. The molecule has 1 aromatic rings. The van der Waals surface area contributed by atoms with Crippen LogP contribution in [0.4, 0.5) is 4.39 Å². The molecule has 0 saturated carbocycles. The molecule has 0 bridgehead atoms. The highest BCUT2D eigenvalue weighted by molar-refractivity contribution is 9.10. The van der Waals surface area contributed by atoms with E-state index in [4.69, 9.17) is 4.74 Å². The smallest absolute Gasteiger partial charge is 0.260 e. The summed E-state index contributed by atoms with van der Waals surface area (Å²) in [7, 11) is 0. The van der Waals surface area contributed by atoms with Gasteiger partial charge in [-0.1, -0.05) is 22.9 Å². The fraction of sp³-hybridized carbons (Fsp3) is 0.500. The van der Waals surface area contributed by atoms with Gasteiger partial charge in [0, 0.05) is 11.0 Å². The molecule has 1 heterocycles. The van der Waals surface area contributed by atoms with Gasteiger partial charge < -0.3 is 14.7 Å². The molecule has 2 atom stereocenters. The van der Waals surface area contributed by atoms with Crippen molar-refractivity contribution < 1.29 is 19.0 Å². The van der Waals surface area contributed by atoms with Gasteiger partial charge in [0.05, 0.1) is 12.6 Å². The molecule has 1 N–H and O–H groups in total. The van der Waals surface area contributed by atoms with Crippen molar-refractivity contribution in [3.8, 4) is 5.75 Å². The van der Waals surface area contributed by atoms with Gasteiger partial charge in [0.15, 0.2) is 18.2 Å². The molecule has 0 aliphatic carbocycles. The number of hydrogen-bond donors (Lipinski definition) is 1. The predicted molar refractivity (Wildman–Crippen MR) is 76.0 cm³/mol. The van der Waals surface area contributed by atoms with Gasteiger partial charge in [-0.05, 0) is 30.5 Å². The number of carbonyl (C=O) groups is 1. The van der Waals surface area contributed by atoms with E-state index < -0.39 is 5.82 Å². The Balaban J connectivity index is 1.95. The zero-order chi connectivity index (χ0) is 14.7. The number of ether oxygens (including phenoxy) is 1. The minimum absolute atomic E-state index is 0.0503. The van der Waals surface area contributed by atoms with Crippen molar-refractivity contribution in [1.82, 2.24) is 4.90 Å². The van der Waals surface area contributed by atoms with Gasteiger partial charge in [-0.2, -0.15) is 0 Å². The van der Waals surface area contributed by atoms with E-state index >= 15 is 0 Å². The Hall–Kier alpha value is -1.14. The summed E-state index contributed by atoms with van der Waals surface area (Å²) in [6.07, 6.45) is 0.865. The molecule has 1 fully saturated rings. The summed E-state index contributed by atoms with van der Waals surface area (Å²) >= 11 is 3.16. The van der Waals surface area contributed by atoms with Crippen molar-refractivity contribution in [1.29, 1.82) is 0 Å². The van der Waals surface area contributed by atoms with Crippen molar-refractivity contribution in [2.24, 2.45) is 5.92 Å².